The van der Waals surface area contributed by atoms with Gasteiger partial charge in [0.2, 0.25) is 5.88 Å². The zero-order chi connectivity index (χ0) is 17.8. The first kappa shape index (κ1) is 16.6. The minimum Gasteiger partial charge on any atom is -0.475 e. The largest absolute Gasteiger partial charge is 0.475 e. The summed E-state index contributed by atoms with van der Waals surface area (Å²) in [5, 5.41) is 0.457. The Morgan fingerprint density at radius 1 is 1.08 bits per heavy atom. The third-order valence-corrected chi connectivity index (χ3v) is 3.44. The van der Waals surface area contributed by atoms with Crippen LogP contribution in [0.3, 0.4) is 0 Å². The summed E-state index contributed by atoms with van der Waals surface area (Å²) >= 11 is 0. The quantitative estimate of drug-likeness (QED) is 0.579. The highest BCUT2D eigenvalue weighted by Gasteiger charge is 2.38. The molecule has 1 aliphatic heterocycles. The maximum Gasteiger partial charge on any atom is 0.364 e. The molecule has 2 aromatic rings. The van der Waals surface area contributed by atoms with Crippen molar-refractivity contribution in [1.82, 2.24) is 10.0 Å². The lowest BCUT2D eigenvalue weighted by molar-refractivity contribution is -0.0584. The number of rotatable bonds is 6. The van der Waals surface area contributed by atoms with Gasteiger partial charge in [0.1, 0.15) is 6.61 Å². The van der Waals surface area contributed by atoms with E-state index in [0.29, 0.717) is 11.7 Å². The number of fused-ring (bicyclic) bond motifs is 1. The van der Waals surface area contributed by atoms with Crippen molar-refractivity contribution in [2.24, 2.45) is 0 Å². The van der Waals surface area contributed by atoms with E-state index >= 15 is 0 Å². The number of imide groups is 1. The summed E-state index contributed by atoms with van der Waals surface area (Å²) in [4.78, 5) is 45.6. The zero-order valence-electron chi connectivity index (χ0n) is 13.3. The molecule has 2 heterocycles. The standard InChI is InChI=1S/C17H14N2O6/c1-23-8-9-24-14-10-11(6-7-18-14)17(22)25-19-15(20)12-4-2-3-5-13(12)16(19)21/h2-7,10H,8-9H2,1H3. The monoisotopic (exact) mass is 342 g/mol. The molecule has 0 unspecified atom stereocenters. The van der Waals surface area contributed by atoms with Crippen LogP contribution < -0.4 is 4.74 Å². The van der Waals surface area contributed by atoms with Crippen LogP contribution in [0.5, 0.6) is 5.88 Å². The minimum atomic E-state index is -0.867. The van der Waals surface area contributed by atoms with Crippen molar-refractivity contribution in [3.8, 4) is 5.88 Å². The van der Waals surface area contributed by atoms with Crippen LogP contribution in [0.1, 0.15) is 31.1 Å². The Hall–Kier alpha value is -3.26. The summed E-state index contributed by atoms with van der Waals surface area (Å²) < 4.78 is 10.2. The lowest BCUT2D eigenvalue weighted by atomic mass is 10.1. The van der Waals surface area contributed by atoms with Crippen molar-refractivity contribution >= 4 is 17.8 Å². The van der Waals surface area contributed by atoms with Crippen LogP contribution in [0.2, 0.25) is 0 Å². The summed E-state index contributed by atoms with van der Waals surface area (Å²) in [6.07, 6.45) is 1.36. The molecule has 1 aromatic carbocycles. The van der Waals surface area contributed by atoms with Crippen LogP contribution in [-0.2, 0) is 9.57 Å². The second-order valence-corrected chi connectivity index (χ2v) is 5.05. The molecular formula is C17H14N2O6. The molecule has 0 saturated heterocycles. The lowest BCUT2D eigenvalue weighted by Crippen LogP contribution is -2.32. The smallest absolute Gasteiger partial charge is 0.364 e. The molecule has 2 amide bonds. The van der Waals surface area contributed by atoms with Gasteiger partial charge < -0.3 is 14.3 Å². The summed E-state index contributed by atoms with van der Waals surface area (Å²) in [6, 6.07) is 9.00. The maximum absolute atomic E-state index is 12.2. The van der Waals surface area contributed by atoms with Gasteiger partial charge in [-0.25, -0.2) is 9.78 Å². The van der Waals surface area contributed by atoms with E-state index in [0.717, 1.165) is 0 Å². The third-order valence-electron chi connectivity index (χ3n) is 3.44. The van der Waals surface area contributed by atoms with Gasteiger partial charge in [-0.2, -0.15) is 0 Å². The SMILES string of the molecule is COCCOc1cc(C(=O)ON2C(=O)c3ccccc3C2=O)ccn1. The van der Waals surface area contributed by atoms with E-state index < -0.39 is 17.8 Å². The van der Waals surface area contributed by atoms with Gasteiger partial charge in [0, 0.05) is 19.4 Å². The molecular weight excluding hydrogens is 328 g/mol. The average Bonchev–Trinajstić information content (AvgIpc) is 2.87. The number of aromatic nitrogens is 1. The van der Waals surface area contributed by atoms with E-state index in [4.69, 9.17) is 14.3 Å². The molecule has 128 valence electrons. The summed E-state index contributed by atoms with van der Waals surface area (Å²) in [7, 11) is 1.53. The first-order chi connectivity index (χ1) is 12.1. The van der Waals surface area contributed by atoms with E-state index in [-0.39, 0.29) is 29.2 Å². The van der Waals surface area contributed by atoms with Crippen LogP contribution in [0.25, 0.3) is 0 Å². The van der Waals surface area contributed by atoms with Crippen molar-refractivity contribution in [1.29, 1.82) is 0 Å². The van der Waals surface area contributed by atoms with Crippen LogP contribution in [0, 0.1) is 0 Å². The Morgan fingerprint density at radius 2 is 1.76 bits per heavy atom. The number of carbonyl (C=O) groups excluding carboxylic acids is 3. The van der Waals surface area contributed by atoms with Gasteiger partial charge in [-0.05, 0) is 18.2 Å². The molecule has 0 saturated carbocycles. The van der Waals surface area contributed by atoms with Gasteiger partial charge in [-0.15, -0.1) is 0 Å². The molecule has 8 nitrogen and oxygen atoms in total. The van der Waals surface area contributed by atoms with Crippen LogP contribution in [0.4, 0.5) is 0 Å². The number of benzene rings is 1. The fraction of sp³-hybridized carbons (Fsp3) is 0.176. The molecule has 0 spiro atoms. The number of amides is 2. The topological polar surface area (TPSA) is 95.0 Å². The van der Waals surface area contributed by atoms with E-state index in [1.165, 1.54) is 37.6 Å². The average molecular weight is 342 g/mol. The number of methoxy groups -OCH3 is 1. The molecule has 1 aromatic heterocycles. The molecule has 0 bridgehead atoms. The molecule has 0 aliphatic carbocycles. The number of hydrogen-bond acceptors (Lipinski definition) is 7. The van der Waals surface area contributed by atoms with Gasteiger partial charge in [-0.1, -0.05) is 17.2 Å². The van der Waals surface area contributed by atoms with Gasteiger partial charge in [-0.3, -0.25) is 9.59 Å². The summed E-state index contributed by atoms with van der Waals surface area (Å²) in [6.45, 7) is 0.631. The third kappa shape index (κ3) is 3.33. The van der Waals surface area contributed by atoms with E-state index in [2.05, 4.69) is 4.98 Å². The van der Waals surface area contributed by atoms with E-state index in [1.54, 1.807) is 12.1 Å². The van der Waals surface area contributed by atoms with Crippen molar-refractivity contribution in [3.63, 3.8) is 0 Å². The maximum atomic E-state index is 12.2. The van der Waals surface area contributed by atoms with Crippen molar-refractivity contribution in [3.05, 3.63) is 59.3 Å². The van der Waals surface area contributed by atoms with Gasteiger partial charge >= 0.3 is 5.97 Å². The van der Waals surface area contributed by atoms with E-state index in [9.17, 15) is 14.4 Å². The summed E-state index contributed by atoms with van der Waals surface area (Å²) in [5.41, 5.74) is 0.483. The Kier molecular flexibility index (Phi) is 4.71. The molecule has 0 atom stereocenters. The van der Waals surface area contributed by atoms with Crippen molar-refractivity contribution in [2.75, 3.05) is 20.3 Å². The zero-order valence-corrected chi connectivity index (χ0v) is 13.3. The molecule has 0 fully saturated rings. The minimum absolute atomic E-state index is 0.0963. The summed E-state index contributed by atoms with van der Waals surface area (Å²) in [5.74, 6) is -2.03. The Bertz CT molecular complexity index is 800. The highest BCUT2D eigenvalue weighted by atomic mass is 16.7. The van der Waals surface area contributed by atoms with Crippen LogP contribution in [-0.4, -0.2) is 48.2 Å². The Morgan fingerprint density at radius 3 is 2.40 bits per heavy atom. The van der Waals surface area contributed by atoms with Crippen molar-refractivity contribution < 1.29 is 28.7 Å². The first-order valence-corrected chi connectivity index (χ1v) is 7.39. The van der Waals surface area contributed by atoms with Gasteiger partial charge in [0.25, 0.3) is 11.8 Å². The number of hydroxylamine groups is 2. The fourth-order valence-electron chi connectivity index (χ4n) is 2.23. The number of carbonyl (C=O) groups is 3. The number of nitrogens with zero attached hydrogens (tertiary/aromatic N) is 2. The normalized spacial score (nSPS) is 12.9. The molecule has 0 radical (unpaired) electrons. The van der Waals surface area contributed by atoms with E-state index in [1.807, 2.05) is 0 Å². The second-order valence-electron chi connectivity index (χ2n) is 5.05. The predicted molar refractivity (Wildman–Crippen MR) is 84.0 cm³/mol. The number of pyridine rings is 1. The van der Waals surface area contributed by atoms with Gasteiger partial charge in [0.05, 0.1) is 23.3 Å². The fourth-order valence-corrected chi connectivity index (χ4v) is 2.23. The molecule has 3 rings (SSSR count). The first-order valence-electron chi connectivity index (χ1n) is 7.39. The number of ether oxygens (including phenoxy) is 2. The molecule has 0 N–H and O–H groups in total. The Balaban J connectivity index is 1.72. The molecule has 25 heavy (non-hydrogen) atoms. The molecule has 8 heteroatoms. The van der Waals surface area contributed by atoms with Crippen molar-refractivity contribution in [2.45, 2.75) is 0 Å². The Labute approximate surface area is 142 Å². The van der Waals surface area contributed by atoms with Crippen LogP contribution in [0.15, 0.2) is 42.6 Å². The molecule has 1 aliphatic rings. The highest BCUT2D eigenvalue weighted by Crippen LogP contribution is 2.23. The highest BCUT2D eigenvalue weighted by molar-refractivity contribution is 6.21. The predicted octanol–water partition coefficient (Wildman–Crippen LogP) is 1.47. The lowest BCUT2D eigenvalue weighted by Gasteiger charge is -2.13. The second kappa shape index (κ2) is 7.10. The van der Waals surface area contributed by atoms with Crippen LogP contribution >= 0.6 is 0 Å². The number of hydrogen-bond donors (Lipinski definition) is 0. The van der Waals surface area contributed by atoms with Gasteiger partial charge in [0.15, 0.2) is 0 Å².